The molecule has 1 aliphatic rings. The third kappa shape index (κ3) is 6.03. The molecule has 0 saturated carbocycles. The van der Waals surface area contributed by atoms with Crippen LogP contribution in [0.4, 0.5) is 21.9 Å². The number of nitro benzene ring substituents is 1. The molecule has 0 atom stereocenters. The number of carbonyl (C=O) groups excluding carboxylic acids is 3. The van der Waals surface area contributed by atoms with Gasteiger partial charge in [0.2, 0.25) is 11.6 Å². The number of fused-ring (bicyclic) bond motifs is 2. The quantitative estimate of drug-likeness (QED) is 0.0789. The second-order valence-electron chi connectivity index (χ2n) is 11.5. The fraction of sp³-hybridized carbons (Fsp3) is 0.171. The lowest BCUT2D eigenvalue weighted by atomic mass is 9.81. The Morgan fingerprint density at radius 2 is 1.54 bits per heavy atom. The van der Waals surface area contributed by atoms with E-state index in [-0.39, 0.29) is 23.4 Å². The minimum atomic E-state index is -0.907. The summed E-state index contributed by atoms with van der Waals surface area (Å²) in [4.78, 5) is 50.3. The van der Waals surface area contributed by atoms with E-state index >= 15 is 0 Å². The zero-order valence-corrected chi connectivity index (χ0v) is 25.3. The highest BCUT2D eigenvalue weighted by Gasteiger charge is 2.40. The number of phenolic OH excluding ortho intramolecular Hbond substituents is 2. The van der Waals surface area contributed by atoms with E-state index in [0.717, 1.165) is 34.4 Å². The fourth-order valence-electron chi connectivity index (χ4n) is 5.31. The molecule has 11 nitrogen and oxygen atoms in total. The summed E-state index contributed by atoms with van der Waals surface area (Å²) in [7, 11) is 0. The van der Waals surface area contributed by atoms with Gasteiger partial charge in [-0.3, -0.25) is 19.7 Å². The zero-order chi connectivity index (χ0) is 33.3. The number of nitrogens with zero attached hydrogens (tertiary/aromatic N) is 1. The summed E-state index contributed by atoms with van der Waals surface area (Å²) >= 11 is 0. The van der Waals surface area contributed by atoms with E-state index < -0.39 is 56.4 Å². The van der Waals surface area contributed by atoms with Gasteiger partial charge in [-0.15, -0.1) is 0 Å². The highest BCUT2D eigenvalue weighted by molar-refractivity contribution is 6.33. The Hall–Kier alpha value is -5.97. The molecule has 0 bridgehead atoms. The number of allylic oxidation sites excluding steroid dienone is 1. The third-order valence-corrected chi connectivity index (χ3v) is 7.80. The van der Waals surface area contributed by atoms with Gasteiger partial charge >= 0.3 is 6.09 Å². The highest BCUT2D eigenvalue weighted by atomic mass is 16.6. The van der Waals surface area contributed by atoms with Gasteiger partial charge in [-0.2, -0.15) is 0 Å². The highest BCUT2D eigenvalue weighted by Crippen LogP contribution is 2.43. The Balaban J connectivity index is 1.26. The number of amides is 1. The lowest BCUT2D eigenvalue weighted by Gasteiger charge is -2.27. The minimum absolute atomic E-state index is 0.119. The van der Waals surface area contributed by atoms with Crippen molar-refractivity contribution in [3.8, 4) is 11.5 Å². The lowest BCUT2D eigenvalue weighted by molar-refractivity contribution is -0.385. The predicted octanol–water partition coefficient (Wildman–Crippen LogP) is 6.76. The number of phenols is 2. The smallest absolute Gasteiger partial charge is 0.407 e. The van der Waals surface area contributed by atoms with E-state index in [1.165, 1.54) is 12.1 Å². The molecule has 0 unspecified atom stereocenters. The number of hydrogen-bond donors (Lipinski definition) is 4. The maximum absolute atomic E-state index is 13.6. The summed E-state index contributed by atoms with van der Waals surface area (Å²) in [6.07, 6.45) is -0.138. The van der Waals surface area contributed by atoms with Gasteiger partial charge < -0.3 is 25.6 Å². The van der Waals surface area contributed by atoms with Gasteiger partial charge in [0.1, 0.15) is 17.1 Å². The summed E-state index contributed by atoms with van der Waals surface area (Å²) in [5.74, 6) is -2.89. The van der Waals surface area contributed by atoms with Gasteiger partial charge in [0.25, 0.3) is 5.69 Å². The molecule has 1 amide bonds. The number of hydrogen-bond acceptors (Lipinski definition) is 9. The van der Waals surface area contributed by atoms with Crippen molar-refractivity contribution in [2.24, 2.45) is 0 Å². The number of nitrogens with one attached hydrogen (secondary N) is 2. The molecule has 4 N–H and O–H groups in total. The zero-order valence-electron chi connectivity index (χ0n) is 25.3. The Kier molecular flexibility index (Phi) is 8.34. The number of ether oxygens (including phenoxy) is 1. The van der Waals surface area contributed by atoms with Crippen LogP contribution < -0.4 is 10.6 Å². The lowest BCUT2D eigenvalue weighted by Crippen LogP contribution is -2.41. The molecule has 4 aromatic rings. The van der Waals surface area contributed by atoms with Crippen LogP contribution in [0.3, 0.4) is 0 Å². The summed E-state index contributed by atoms with van der Waals surface area (Å²) in [5.41, 5.74) is 1.34. The maximum Gasteiger partial charge on any atom is 0.407 e. The average molecular weight is 622 g/mol. The van der Waals surface area contributed by atoms with Crippen LogP contribution in [0.25, 0.3) is 5.57 Å². The molecule has 0 saturated heterocycles. The van der Waals surface area contributed by atoms with Crippen molar-refractivity contribution in [3.05, 3.63) is 128 Å². The Bertz CT molecular complexity index is 1930. The van der Waals surface area contributed by atoms with E-state index in [1.807, 2.05) is 45.0 Å². The van der Waals surface area contributed by atoms with Crippen molar-refractivity contribution in [2.45, 2.75) is 32.7 Å². The van der Waals surface area contributed by atoms with Gasteiger partial charge in [-0.05, 0) is 73.9 Å². The van der Waals surface area contributed by atoms with Crippen LogP contribution in [0.15, 0.2) is 79.4 Å². The number of ketones is 2. The summed E-state index contributed by atoms with van der Waals surface area (Å²) in [5, 5.41) is 38.3. The first-order valence-electron chi connectivity index (χ1n) is 14.3. The van der Waals surface area contributed by atoms with E-state index in [9.17, 15) is 34.7 Å². The van der Waals surface area contributed by atoms with Gasteiger partial charge in [-0.1, -0.05) is 42.5 Å². The standard InChI is InChI=1S/C35H31N3O8/c1-19(2)21-6-5-7-22(18-21)35(3,4)37-34(43)46-17-16-20-8-10-23(11-9-20)36-24-12-14-26(39)30-28(24)32(41)29-25(38(44)45)13-15-27(40)31(29)33(30)42/h5-15,18,36,39-40H,1,16-17H2,2-4H3,(H,37,43). The number of alkyl carbamates (subject to hydrolysis) is 1. The summed E-state index contributed by atoms with van der Waals surface area (Å²) in [6, 6.07) is 19.3. The average Bonchev–Trinajstić information content (AvgIpc) is 3.01. The Morgan fingerprint density at radius 1 is 0.913 bits per heavy atom. The molecule has 234 valence electrons. The number of rotatable bonds is 9. The Labute approximate surface area is 264 Å². The number of anilines is 2. The van der Waals surface area contributed by atoms with Gasteiger partial charge in [0.05, 0.1) is 39.4 Å². The monoisotopic (exact) mass is 621 g/mol. The first-order valence-corrected chi connectivity index (χ1v) is 14.3. The van der Waals surface area contributed by atoms with E-state index in [4.69, 9.17) is 4.74 Å². The molecule has 46 heavy (non-hydrogen) atoms. The van der Waals surface area contributed by atoms with E-state index in [1.54, 1.807) is 24.3 Å². The van der Waals surface area contributed by atoms with Crippen LogP contribution in [0.2, 0.25) is 0 Å². The maximum atomic E-state index is 13.6. The molecule has 1 aliphatic carbocycles. The molecule has 0 heterocycles. The van der Waals surface area contributed by atoms with Crippen molar-refractivity contribution in [3.63, 3.8) is 0 Å². The number of nitro groups is 1. The van der Waals surface area contributed by atoms with Gasteiger partial charge in [-0.25, -0.2) is 4.79 Å². The van der Waals surface area contributed by atoms with Crippen molar-refractivity contribution in [1.82, 2.24) is 5.32 Å². The first-order chi connectivity index (χ1) is 21.8. The van der Waals surface area contributed by atoms with Crippen LogP contribution in [0.5, 0.6) is 11.5 Å². The van der Waals surface area contributed by atoms with Crippen LogP contribution in [0.1, 0.15) is 69.3 Å². The van der Waals surface area contributed by atoms with Crippen LogP contribution in [-0.4, -0.2) is 39.4 Å². The molecule has 0 spiro atoms. The largest absolute Gasteiger partial charge is 0.507 e. The first kappa shape index (κ1) is 31.5. The molecule has 11 heteroatoms. The SMILES string of the molecule is C=C(C)c1cccc(C(C)(C)NC(=O)OCCc2ccc(Nc3ccc(O)c4c3C(=O)c3c([N+](=O)[O-])ccc(O)c3C4=O)cc2)c1. The third-order valence-electron chi connectivity index (χ3n) is 7.80. The molecule has 0 radical (unpaired) electrons. The number of carbonyl (C=O) groups is 3. The van der Waals surface area contributed by atoms with Crippen LogP contribution >= 0.6 is 0 Å². The molecular weight excluding hydrogens is 590 g/mol. The number of aromatic hydroxyl groups is 2. The summed E-state index contributed by atoms with van der Waals surface area (Å²) in [6.45, 7) is 9.78. The molecule has 4 aromatic carbocycles. The van der Waals surface area contributed by atoms with Gasteiger partial charge in [0.15, 0.2) is 0 Å². The second-order valence-corrected chi connectivity index (χ2v) is 11.5. The normalized spacial score (nSPS) is 12.2. The van der Waals surface area contributed by atoms with Gasteiger partial charge in [0, 0.05) is 18.2 Å². The van der Waals surface area contributed by atoms with Crippen molar-refractivity contribution < 1.29 is 34.3 Å². The molecule has 0 fully saturated rings. The van der Waals surface area contributed by atoms with Crippen molar-refractivity contribution in [1.29, 1.82) is 0 Å². The van der Waals surface area contributed by atoms with Crippen molar-refractivity contribution in [2.75, 3.05) is 11.9 Å². The fourth-order valence-corrected chi connectivity index (χ4v) is 5.31. The van der Waals surface area contributed by atoms with Crippen molar-refractivity contribution >= 4 is 40.3 Å². The molecule has 0 aliphatic heterocycles. The summed E-state index contributed by atoms with van der Waals surface area (Å²) < 4.78 is 5.42. The molecule has 5 rings (SSSR count). The number of benzene rings is 4. The van der Waals surface area contributed by atoms with Crippen LogP contribution in [0, 0.1) is 10.1 Å². The molecule has 0 aromatic heterocycles. The van der Waals surface area contributed by atoms with E-state index in [2.05, 4.69) is 17.2 Å². The topological polar surface area (TPSA) is 168 Å². The molecular formula is C35H31N3O8. The predicted molar refractivity (Wildman–Crippen MR) is 172 cm³/mol. The minimum Gasteiger partial charge on any atom is -0.507 e. The Morgan fingerprint density at radius 3 is 2.20 bits per heavy atom. The second kappa shape index (κ2) is 12.2. The van der Waals surface area contributed by atoms with E-state index in [0.29, 0.717) is 12.1 Å². The van der Waals surface area contributed by atoms with Crippen LogP contribution in [-0.2, 0) is 16.7 Å².